The van der Waals surface area contributed by atoms with Crippen LogP contribution in [0.5, 0.6) is 0 Å². The number of hydrogen-bond acceptors (Lipinski definition) is 8. The normalized spacial score (nSPS) is 39.8. The largest absolute Gasteiger partial charge is 0.790 e. The fraction of sp³-hybridized carbons (Fsp3) is 1.00. The summed E-state index contributed by atoms with van der Waals surface area (Å²) >= 11 is 0. The SMILES string of the molecule is O=P([O-])([O-])O[C@@H]1OC[C@H](O)[C@H](O)[C@H]1O. The van der Waals surface area contributed by atoms with Crippen molar-refractivity contribution in [2.45, 2.75) is 24.6 Å². The molecule has 3 N–H and O–H groups in total. The van der Waals surface area contributed by atoms with Gasteiger partial charge in [0.25, 0.3) is 0 Å². The lowest BCUT2D eigenvalue weighted by Crippen LogP contribution is -2.54. The minimum atomic E-state index is -5.30. The molecule has 0 aromatic rings. The number of aliphatic hydroxyl groups excluding tert-OH is 3. The van der Waals surface area contributed by atoms with Gasteiger partial charge in [-0.25, -0.2) is 0 Å². The standard InChI is InChI=1S/C5H11O8P/c6-2-1-12-5(4(8)3(2)7)13-14(9,10)11/h2-8H,1H2,(H2,9,10,11)/p-2/t2-,3-,4+,5-/m0/s1. The third kappa shape index (κ3) is 2.97. The van der Waals surface area contributed by atoms with E-state index in [0.29, 0.717) is 0 Å². The van der Waals surface area contributed by atoms with E-state index in [2.05, 4.69) is 9.26 Å². The van der Waals surface area contributed by atoms with Crippen LogP contribution in [0.25, 0.3) is 0 Å². The first-order valence-electron chi connectivity index (χ1n) is 3.67. The van der Waals surface area contributed by atoms with Gasteiger partial charge in [-0.15, -0.1) is 0 Å². The lowest BCUT2D eigenvalue weighted by Gasteiger charge is -2.40. The van der Waals surface area contributed by atoms with Crippen molar-refractivity contribution in [2.24, 2.45) is 0 Å². The number of aliphatic hydroxyl groups is 3. The first-order chi connectivity index (χ1) is 6.31. The van der Waals surface area contributed by atoms with Gasteiger partial charge in [-0.2, -0.15) is 0 Å². The molecule has 1 aliphatic rings. The lowest BCUT2D eigenvalue weighted by atomic mass is 10.1. The van der Waals surface area contributed by atoms with Crippen molar-refractivity contribution in [2.75, 3.05) is 6.61 Å². The molecule has 1 saturated heterocycles. The highest BCUT2D eigenvalue weighted by molar-refractivity contribution is 7.43. The van der Waals surface area contributed by atoms with Crippen molar-refractivity contribution in [3.63, 3.8) is 0 Å². The van der Waals surface area contributed by atoms with E-state index < -0.39 is 39.0 Å². The first kappa shape index (κ1) is 12.0. The average molecular weight is 228 g/mol. The fourth-order valence-electron chi connectivity index (χ4n) is 0.999. The maximum atomic E-state index is 10.1. The van der Waals surface area contributed by atoms with Crippen LogP contribution in [0.15, 0.2) is 0 Å². The average Bonchev–Trinajstić information content (AvgIpc) is 2.04. The predicted molar refractivity (Wildman–Crippen MR) is 36.5 cm³/mol. The molecule has 0 aromatic carbocycles. The number of ether oxygens (including phenoxy) is 1. The van der Waals surface area contributed by atoms with Gasteiger partial charge in [0.2, 0.25) is 0 Å². The maximum absolute atomic E-state index is 10.1. The second kappa shape index (κ2) is 4.21. The minimum Gasteiger partial charge on any atom is -0.790 e. The Morgan fingerprint density at radius 1 is 1.29 bits per heavy atom. The summed E-state index contributed by atoms with van der Waals surface area (Å²) in [5, 5.41) is 27.1. The van der Waals surface area contributed by atoms with Gasteiger partial charge in [0.15, 0.2) is 6.29 Å². The van der Waals surface area contributed by atoms with Gasteiger partial charge in [-0.05, 0) is 0 Å². The van der Waals surface area contributed by atoms with Crippen molar-refractivity contribution in [3.05, 3.63) is 0 Å². The molecule has 1 rings (SSSR count). The Balaban J connectivity index is 2.60. The van der Waals surface area contributed by atoms with Crippen LogP contribution in [0.1, 0.15) is 0 Å². The molecule has 0 aliphatic carbocycles. The van der Waals surface area contributed by atoms with Crippen LogP contribution in [0.2, 0.25) is 0 Å². The molecule has 1 heterocycles. The highest BCUT2D eigenvalue weighted by Gasteiger charge is 2.38. The zero-order valence-corrected chi connectivity index (χ0v) is 7.74. The van der Waals surface area contributed by atoms with E-state index in [4.69, 9.17) is 15.3 Å². The summed E-state index contributed by atoms with van der Waals surface area (Å²) in [7, 11) is -5.30. The van der Waals surface area contributed by atoms with Gasteiger partial charge in [0, 0.05) is 0 Å². The van der Waals surface area contributed by atoms with Gasteiger partial charge in [-0.3, -0.25) is 0 Å². The van der Waals surface area contributed by atoms with Crippen molar-refractivity contribution < 1.29 is 38.9 Å². The summed E-state index contributed by atoms with van der Waals surface area (Å²) in [5.74, 6) is 0. The first-order valence-corrected chi connectivity index (χ1v) is 5.13. The zero-order valence-electron chi connectivity index (χ0n) is 6.85. The molecule has 0 amide bonds. The molecule has 14 heavy (non-hydrogen) atoms. The molecule has 1 aliphatic heterocycles. The van der Waals surface area contributed by atoms with Crippen LogP contribution in [-0.4, -0.2) is 46.5 Å². The Hall–Kier alpha value is -0.0500. The van der Waals surface area contributed by atoms with Gasteiger partial charge in [0.1, 0.15) is 18.3 Å². The minimum absolute atomic E-state index is 0.428. The van der Waals surface area contributed by atoms with Gasteiger partial charge in [0.05, 0.1) is 14.4 Å². The monoisotopic (exact) mass is 228 g/mol. The van der Waals surface area contributed by atoms with E-state index in [0.717, 1.165) is 0 Å². The molecule has 0 aromatic heterocycles. The number of phosphoric ester groups is 1. The van der Waals surface area contributed by atoms with E-state index in [1.54, 1.807) is 0 Å². The van der Waals surface area contributed by atoms with E-state index in [1.165, 1.54) is 0 Å². The highest BCUT2D eigenvalue weighted by Crippen LogP contribution is 2.31. The smallest absolute Gasteiger partial charge is 0.190 e. The van der Waals surface area contributed by atoms with Gasteiger partial charge >= 0.3 is 0 Å². The second-order valence-corrected chi connectivity index (χ2v) is 3.91. The summed E-state index contributed by atoms with van der Waals surface area (Å²) in [6.07, 6.45) is -6.51. The molecule has 8 nitrogen and oxygen atoms in total. The summed E-state index contributed by atoms with van der Waals surface area (Å²) in [5.41, 5.74) is 0. The topological polar surface area (TPSA) is 142 Å². The van der Waals surface area contributed by atoms with Crippen LogP contribution in [0.3, 0.4) is 0 Å². The predicted octanol–water partition coefficient (Wildman–Crippen LogP) is -3.73. The second-order valence-electron chi connectivity index (χ2n) is 2.80. The molecular formula is C5H9O8P-2. The molecule has 0 bridgehead atoms. The molecule has 0 radical (unpaired) electrons. The van der Waals surface area contributed by atoms with E-state index in [-0.39, 0.29) is 0 Å². The summed E-state index contributed by atoms with van der Waals surface area (Å²) < 4.78 is 18.5. The van der Waals surface area contributed by atoms with E-state index in [9.17, 15) is 14.4 Å². The Labute approximate surface area is 78.9 Å². The number of hydrogen-bond donors (Lipinski definition) is 3. The fourth-order valence-corrected chi connectivity index (χ4v) is 1.44. The Morgan fingerprint density at radius 2 is 1.86 bits per heavy atom. The third-order valence-electron chi connectivity index (χ3n) is 1.69. The molecule has 0 saturated carbocycles. The van der Waals surface area contributed by atoms with Crippen LogP contribution in [0, 0.1) is 0 Å². The molecule has 84 valence electrons. The molecular weight excluding hydrogens is 219 g/mol. The van der Waals surface area contributed by atoms with Gasteiger partial charge < -0.3 is 38.9 Å². The van der Waals surface area contributed by atoms with Crippen molar-refractivity contribution in [1.82, 2.24) is 0 Å². The van der Waals surface area contributed by atoms with Gasteiger partial charge in [-0.1, -0.05) is 0 Å². The van der Waals surface area contributed by atoms with E-state index >= 15 is 0 Å². The third-order valence-corrected chi connectivity index (χ3v) is 2.15. The van der Waals surface area contributed by atoms with E-state index in [1.807, 2.05) is 0 Å². The van der Waals surface area contributed by atoms with Crippen LogP contribution in [0.4, 0.5) is 0 Å². The lowest BCUT2D eigenvalue weighted by molar-refractivity contribution is -0.363. The maximum Gasteiger partial charge on any atom is 0.190 e. The highest BCUT2D eigenvalue weighted by atomic mass is 31.2. The van der Waals surface area contributed by atoms with Crippen LogP contribution < -0.4 is 9.79 Å². The number of rotatable bonds is 2. The Kier molecular flexibility index (Phi) is 3.62. The summed E-state index contributed by atoms with van der Waals surface area (Å²) in [6, 6.07) is 0. The summed E-state index contributed by atoms with van der Waals surface area (Å²) in [6.45, 7) is -0.428. The molecule has 9 heteroatoms. The van der Waals surface area contributed by atoms with Crippen molar-refractivity contribution in [1.29, 1.82) is 0 Å². The Bertz CT molecular complexity index is 238. The quantitative estimate of drug-likeness (QED) is 0.409. The van der Waals surface area contributed by atoms with Crippen molar-refractivity contribution in [3.8, 4) is 0 Å². The Morgan fingerprint density at radius 3 is 2.36 bits per heavy atom. The molecule has 4 atom stereocenters. The zero-order chi connectivity index (χ0) is 10.9. The van der Waals surface area contributed by atoms with Crippen LogP contribution >= 0.6 is 7.82 Å². The van der Waals surface area contributed by atoms with Crippen molar-refractivity contribution >= 4 is 7.82 Å². The van der Waals surface area contributed by atoms with Crippen LogP contribution in [-0.2, 0) is 13.8 Å². The molecule has 1 fully saturated rings. The molecule has 0 spiro atoms. The number of phosphoric acid groups is 1. The summed E-state index contributed by atoms with van der Waals surface area (Å²) in [4.78, 5) is 20.3. The molecule has 0 unspecified atom stereocenters.